The highest BCUT2D eigenvalue weighted by atomic mass is 16.5. The molecule has 0 amide bonds. The molecule has 0 radical (unpaired) electrons. The molecule has 0 saturated heterocycles. The Balaban J connectivity index is 2.58. The highest BCUT2D eigenvalue weighted by Crippen LogP contribution is 2.01. The van der Waals surface area contributed by atoms with Crippen molar-refractivity contribution in [2.45, 2.75) is 20.0 Å². The van der Waals surface area contributed by atoms with Crippen LogP contribution in [-0.4, -0.2) is 11.5 Å². The van der Waals surface area contributed by atoms with Crippen molar-refractivity contribution >= 4 is 6.47 Å². The molecule has 0 aliphatic heterocycles. The van der Waals surface area contributed by atoms with E-state index in [1.165, 1.54) is 5.56 Å². The van der Waals surface area contributed by atoms with Gasteiger partial charge in [0.25, 0.3) is 6.47 Å². The maximum atomic E-state index is 9.85. The molecule has 0 saturated carbocycles. The van der Waals surface area contributed by atoms with Crippen molar-refractivity contribution in [1.82, 2.24) is 4.98 Å². The Morgan fingerprint density at radius 3 is 2.92 bits per heavy atom. The molecule has 0 bridgehead atoms. The van der Waals surface area contributed by atoms with Crippen molar-refractivity contribution in [3.63, 3.8) is 0 Å². The van der Waals surface area contributed by atoms with Crippen LogP contribution in [0.5, 0.6) is 0 Å². The van der Waals surface area contributed by atoms with Gasteiger partial charge in [-0.1, -0.05) is 13.0 Å². The summed E-state index contributed by atoms with van der Waals surface area (Å²) in [5.74, 6) is 0. The summed E-state index contributed by atoms with van der Waals surface area (Å²) < 4.78 is 4.55. The Labute approximate surface area is 71.4 Å². The van der Waals surface area contributed by atoms with E-state index in [4.69, 9.17) is 0 Å². The molecule has 0 fully saturated rings. The maximum absolute atomic E-state index is 9.85. The van der Waals surface area contributed by atoms with Crippen LogP contribution in [0.1, 0.15) is 18.2 Å². The van der Waals surface area contributed by atoms with E-state index in [0.717, 1.165) is 12.1 Å². The molecular formula is C9H11NO2. The molecule has 0 unspecified atom stereocenters. The lowest BCUT2D eigenvalue weighted by molar-refractivity contribution is -0.129. The van der Waals surface area contributed by atoms with Crippen LogP contribution in [0, 0.1) is 0 Å². The number of carbonyl (C=O) groups excluding carboxylic acids is 1. The predicted molar refractivity (Wildman–Crippen MR) is 44.5 cm³/mol. The molecule has 3 nitrogen and oxygen atoms in total. The Morgan fingerprint density at radius 1 is 1.58 bits per heavy atom. The number of ether oxygens (including phenoxy) is 1. The van der Waals surface area contributed by atoms with Crippen molar-refractivity contribution in [2.75, 3.05) is 0 Å². The number of nitrogens with zero attached hydrogens (tertiary/aromatic N) is 1. The number of aryl methyl sites for hydroxylation is 1. The predicted octanol–water partition coefficient (Wildman–Crippen LogP) is 1.32. The Morgan fingerprint density at radius 2 is 2.42 bits per heavy atom. The SMILES string of the molecule is CCc1ccc(COC=O)nc1. The number of pyridine rings is 1. The molecule has 12 heavy (non-hydrogen) atoms. The molecule has 0 aliphatic carbocycles. The van der Waals surface area contributed by atoms with E-state index in [2.05, 4.69) is 16.6 Å². The number of hydrogen-bond acceptors (Lipinski definition) is 3. The van der Waals surface area contributed by atoms with Crippen LogP contribution in [-0.2, 0) is 22.6 Å². The van der Waals surface area contributed by atoms with Crippen molar-refractivity contribution in [2.24, 2.45) is 0 Å². The number of aromatic nitrogens is 1. The smallest absolute Gasteiger partial charge is 0.293 e. The summed E-state index contributed by atoms with van der Waals surface area (Å²) in [6, 6.07) is 3.85. The summed E-state index contributed by atoms with van der Waals surface area (Å²) in [5.41, 5.74) is 1.96. The van der Waals surface area contributed by atoms with Crippen LogP contribution >= 0.6 is 0 Å². The third-order valence-corrected chi connectivity index (χ3v) is 1.59. The second-order valence-corrected chi connectivity index (χ2v) is 2.42. The fourth-order valence-electron chi connectivity index (χ4n) is 0.869. The van der Waals surface area contributed by atoms with Gasteiger partial charge in [0.05, 0.1) is 5.69 Å². The van der Waals surface area contributed by atoms with E-state index < -0.39 is 0 Å². The van der Waals surface area contributed by atoms with Gasteiger partial charge in [0.15, 0.2) is 0 Å². The molecule has 0 aliphatic rings. The second-order valence-electron chi connectivity index (χ2n) is 2.42. The molecular weight excluding hydrogens is 154 g/mol. The molecule has 1 rings (SSSR count). The molecule has 0 spiro atoms. The number of hydrogen-bond donors (Lipinski definition) is 0. The van der Waals surface area contributed by atoms with Crippen molar-refractivity contribution in [1.29, 1.82) is 0 Å². The molecule has 64 valence electrons. The zero-order chi connectivity index (χ0) is 8.81. The third-order valence-electron chi connectivity index (χ3n) is 1.59. The summed E-state index contributed by atoms with van der Waals surface area (Å²) in [4.78, 5) is 14.0. The molecule has 1 aromatic heterocycles. The highest BCUT2D eigenvalue weighted by Gasteiger charge is 1.93. The quantitative estimate of drug-likeness (QED) is 0.631. The lowest BCUT2D eigenvalue weighted by Gasteiger charge is -1.99. The van der Waals surface area contributed by atoms with Gasteiger partial charge in [-0.3, -0.25) is 9.78 Å². The van der Waals surface area contributed by atoms with E-state index in [0.29, 0.717) is 6.47 Å². The number of rotatable bonds is 4. The van der Waals surface area contributed by atoms with Gasteiger partial charge in [0.2, 0.25) is 0 Å². The average Bonchev–Trinajstić information content (AvgIpc) is 2.15. The highest BCUT2D eigenvalue weighted by molar-refractivity contribution is 5.37. The maximum Gasteiger partial charge on any atom is 0.293 e. The van der Waals surface area contributed by atoms with Gasteiger partial charge < -0.3 is 4.74 Å². The lowest BCUT2D eigenvalue weighted by atomic mass is 10.2. The first-order valence-electron chi connectivity index (χ1n) is 3.86. The minimum Gasteiger partial charge on any atom is -0.461 e. The summed E-state index contributed by atoms with van der Waals surface area (Å²) in [6.07, 6.45) is 2.77. The minimum atomic E-state index is 0.257. The fourth-order valence-corrected chi connectivity index (χ4v) is 0.869. The van der Waals surface area contributed by atoms with Gasteiger partial charge in [0.1, 0.15) is 6.61 Å². The average molecular weight is 165 g/mol. The van der Waals surface area contributed by atoms with Gasteiger partial charge >= 0.3 is 0 Å². The van der Waals surface area contributed by atoms with Crippen LogP contribution in [0.3, 0.4) is 0 Å². The van der Waals surface area contributed by atoms with Crippen LogP contribution in [0.4, 0.5) is 0 Å². The molecule has 1 heterocycles. The van der Waals surface area contributed by atoms with Gasteiger partial charge in [-0.25, -0.2) is 0 Å². The molecule has 0 aromatic carbocycles. The van der Waals surface area contributed by atoms with Gasteiger partial charge in [-0.05, 0) is 18.1 Å². The zero-order valence-corrected chi connectivity index (χ0v) is 6.99. The Bertz CT molecular complexity index is 243. The van der Waals surface area contributed by atoms with Crippen molar-refractivity contribution in [3.8, 4) is 0 Å². The Kier molecular flexibility index (Phi) is 3.26. The monoisotopic (exact) mass is 165 g/mol. The van der Waals surface area contributed by atoms with Crippen molar-refractivity contribution in [3.05, 3.63) is 29.6 Å². The van der Waals surface area contributed by atoms with E-state index in [1.54, 1.807) is 6.20 Å². The van der Waals surface area contributed by atoms with E-state index >= 15 is 0 Å². The molecule has 1 aromatic rings. The van der Waals surface area contributed by atoms with Crippen LogP contribution in [0.15, 0.2) is 18.3 Å². The van der Waals surface area contributed by atoms with Crippen LogP contribution in [0.2, 0.25) is 0 Å². The minimum absolute atomic E-state index is 0.257. The first kappa shape index (κ1) is 8.71. The van der Waals surface area contributed by atoms with Gasteiger partial charge in [-0.15, -0.1) is 0 Å². The summed E-state index contributed by atoms with van der Waals surface area (Å²) >= 11 is 0. The summed E-state index contributed by atoms with van der Waals surface area (Å²) in [7, 11) is 0. The van der Waals surface area contributed by atoms with Gasteiger partial charge in [0, 0.05) is 6.20 Å². The molecule has 0 N–H and O–H groups in total. The Hall–Kier alpha value is -1.38. The van der Waals surface area contributed by atoms with E-state index in [9.17, 15) is 4.79 Å². The van der Waals surface area contributed by atoms with E-state index in [1.807, 2.05) is 12.1 Å². The van der Waals surface area contributed by atoms with E-state index in [-0.39, 0.29) is 6.61 Å². The zero-order valence-electron chi connectivity index (χ0n) is 6.99. The fraction of sp³-hybridized carbons (Fsp3) is 0.333. The first-order chi connectivity index (χ1) is 5.86. The molecule has 0 atom stereocenters. The lowest BCUT2D eigenvalue weighted by Crippen LogP contribution is -1.94. The largest absolute Gasteiger partial charge is 0.461 e. The van der Waals surface area contributed by atoms with Crippen LogP contribution < -0.4 is 0 Å². The van der Waals surface area contributed by atoms with Crippen LogP contribution in [0.25, 0.3) is 0 Å². The molecule has 3 heteroatoms. The normalized spacial score (nSPS) is 9.42. The number of carbonyl (C=O) groups is 1. The summed E-state index contributed by atoms with van der Waals surface area (Å²) in [5, 5.41) is 0. The second kappa shape index (κ2) is 4.49. The first-order valence-corrected chi connectivity index (χ1v) is 3.86. The standard InChI is InChI=1S/C9H11NO2/c1-2-8-3-4-9(10-5-8)6-12-7-11/h3-5,7H,2,6H2,1H3. The van der Waals surface area contributed by atoms with Crippen molar-refractivity contribution < 1.29 is 9.53 Å². The summed E-state index contributed by atoms with van der Waals surface area (Å²) in [6.45, 7) is 2.75. The van der Waals surface area contributed by atoms with Gasteiger partial charge in [-0.2, -0.15) is 0 Å². The third kappa shape index (κ3) is 2.34. The topological polar surface area (TPSA) is 39.2 Å².